The van der Waals surface area contributed by atoms with E-state index < -0.39 is 11.7 Å². The summed E-state index contributed by atoms with van der Waals surface area (Å²) in [7, 11) is 1.74. The van der Waals surface area contributed by atoms with E-state index in [1.807, 2.05) is 6.92 Å². The van der Waals surface area contributed by atoms with Crippen molar-refractivity contribution in [3.05, 3.63) is 34.4 Å². The summed E-state index contributed by atoms with van der Waals surface area (Å²) >= 11 is 0. The van der Waals surface area contributed by atoms with Gasteiger partial charge in [0.2, 0.25) is 0 Å². The molecule has 1 aromatic rings. The minimum absolute atomic E-state index is 0.0298. The Hall–Kier alpha value is -2.01. The molecule has 0 aliphatic carbocycles. The summed E-state index contributed by atoms with van der Waals surface area (Å²) in [6.45, 7) is 6.68. The summed E-state index contributed by atoms with van der Waals surface area (Å²) in [5.74, 6) is 0.509. The standard InChI is InChI=1S/C21H29NO4/c1-5-7-13(2)8-6-9-21(3)18(24)11-15-17(23)10-14-16(19(15)26-21)12-22(4)20(14)25/h8,10,18,23-24H,5-7,9,11-12H2,1-4H3/b13-8+. The van der Waals surface area contributed by atoms with Crippen LogP contribution in [0.5, 0.6) is 11.5 Å². The number of hydrogen-bond donors (Lipinski definition) is 2. The minimum Gasteiger partial charge on any atom is -0.508 e. The number of ether oxygens (including phenoxy) is 1. The van der Waals surface area contributed by atoms with E-state index in [0.717, 1.165) is 24.8 Å². The lowest BCUT2D eigenvalue weighted by Gasteiger charge is -2.40. The summed E-state index contributed by atoms with van der Waals surface area (Å²) < 4.78 is 6.28. The van der Waals surface area contributed by atoms with Crippen molar-refractivity contribution in [1.29, 1.82) is 0 Å². The fourth-order valence-electron chi connectivity index (χ4n) is 3.94. The molecule has 2 N–H and O–H groups in total. The van der Waals surface area contributed by atoms with Crippen molar-refractivity contribution in [3.8, 4) is 11.5 Å². The van der Waals surface area contributed by atoms with Crippen molar-refractivity contribution in [2.45, 2.75) is 71.1 Å². The van der Waals surface area contributed by atoms with E-state index in [1.54, 1.807) is 11.9 Å². The van der Waals surface area contributed by atoms with Gasteiger partial charge in [-0.05, 0) is 39.2 Å². The second kappa shape index (κ2) is 6.95. The number of aliphatic hydroxyl groups is 1. The first-order valence-electron chi connectivity index (χ1n) is 9.42. The van der Waals surface area contributed by atoms with Crippen LogP contribution >= 0.6 is 0 Å². The summed E-state index contributed by atoms with van der Waals surface area (Å²) in [5.41, 5.74) is 2.55. The molecule has 0 fully saturated rings. The van der Waals surface area contributed by atoms with Crippen molar-refractivity contribution in [1.82, 2.24) is 4.90 Å². The van der Waals surface area contributed by atoms with E-state index in [2.05, 4.69) is 19.9 Å². The largest absolute Gasteiger partial charge is 0.508 e. The van der Waals surface area contributed by atoms with Gasteiger partial charge >= 0.3 is 0 Å². The topological polar surface area (TPSA) is 70.0 Å². The molecule has 1 aromatic carbocycles. The zero-order valence-electron chi connectivity index (χ0n) is 16.1. The molecule has 0 aromatic heterocycles. The maximum atomic E-state index is 12.3. The molecule has 0 bridgehead atoms. The van der Waals surface area contributed by atoms with Crippen LogP contribution in [0, 0.1) is 0 Å². The number of aliphatic hydroxyl groups excluding tert-OH is 1. The smallest absolute Gasteiger partial charge is 0.254 e. The highest BCUT2D eigenvalue weighted by molar-refractivity contribution is 5.99. The Bertz CT molecular complexity index is 755. The first-order chi connectivity index (χ1) is 12.3. The Kier molecular flexibility index (Phi) is 5.02. The molecule has 2 unspecified atom stereocenters. The number of phenolic OH excluding ortho intramolecular Hbond substituents is 1. The number of phenols is 1. The van der Waals surface area contributed by atoms with Crippen molar-refractivity contribution in [2.24, 2.45) is 0 Å². The van der Waals surface area contributed by atoms with Gasteiger partial charge in [0.05, 0.1) is 18.2 Å². The number of fused-ring (bicyclic) bond motifs is 3. The molecule has 0 spiro atoms. The zero-order valence-corrected chi connectivity index (χ0v) is 16.1. The van der Waals surface area contributed by atoms with Gasteiger partial charge in [-0.25, -0.2) is 0 Å². The summed E-state index contributed by atoms with van der Waals surface area (Å²) in [6, 6.07) is 1.51. The predicted molar refractivity (Wildman–Crippen MR) is 101 cm³/mol. The molecule has 0 saturated heterocycles. The van der Waals surface area contributed by atoms with Gasteiger partial charge in [0.15, 0.2) is 0 Å². The average molecular weight is 359 g/mol. The molecule has 142 valence electrons. The van der Waals surface area contributed by atoms with Gasteiger partial charge in [-0.1, -0.05) is 25.0 Å². The Morgan fingerprint density at radius 2 is 2.19 bits per heavy atom. The Balaban J connectivity index is 1.88. The number of nitrogens with zero attached hydrogens (tertiary/aromatic N) is 1. The highest BCUT2D eigenvalue weighted by Crippen LogP contribution is 2.46. The van der Waals surface area contributed by atoms with Crippen LogP contribution in [0.3, 0.4) is 0 Å². The van der Waals surface area contributed by atoms with Crippen molar-refractivity contribution < 1.29 is 19.7 Å². The van der Waals surface area contributed by atoms with Crippen LogP contribution < -0.4 is 4.74 Å². The molecular formula is C21H29NO4. The quantitative estimate of drug-likeness (QED) is 0.789. The number of carbonyl (C=O) groups excluding carboxylic acids is 1. The van der Waals surface area contributed by atoms with E-state index in [9.17, 15) is 15.0 Å². The lowest BCUT2D eigenvalue weighted by Crippen LogP contribution is -2.49. The lowest BCUT2D eigenvalue weighted by atomic mass is 9.84. The number of allylic oxidation sites excluding steroid dienone is 2. The third kappa shape index (κ3) is 3.20. The van der Waals surface area contributed by atoms with Crippen LogP contribution in [0.15, 0.2) is 17.7 Å². The molecule has 5 heteroatoms. The van der Waals surface area contributed by atoms with Crippen molar-refractivity contribution in [3.63, 3.8) is 0 Å². The molecular weight excluding hydrogens is 330 g/mol. The Morgan fingerprint density at radius 1 is 1.46 bits per heavy atom. The summed E-state index contributed by atoms with van der Waals surface area (Å²) in [4.78, 5) is 13.9. The van der Waals surface area contributed by atoms with Crippen LogP contribution in [0.25, 0.3) is 0 Å². The van der Waals surface area contributed by atoms with Crippen LogP contribution in [-0.4, -0.2) is 39.8 Å². The van der Waals surface area contributed by atoms with Crippen LogP contribution in [0.4, 0.5) is 0 Å². The number of aromatic hydroxyl groups is 1. The predicted octanol–water partition coefficient (Wildman–Crippen LogP) is 3.56. The monoisotopic (exact) mass is 359 g/mol. The molecule has 2 heterocycles. The van der Waals surface area contributed by atoms with E-state index in [-0.39, 0.29) is 11.7 Å². The fourth-order valence-corrected chi connectivity index (χ4v) is 3.94. The molecule has 1 amide bonds. The first-order valence-corrected chi connectivity index (χ1v) is 9.42. The lowest BCUT2D eigenvalue weighted by molar-refractivity contribution is -0.0599. The highest BCUT2D eigenvalue weighted by atomic mass is 16.5. The maximum Gasteiger partial charge on any atom is 0.254 e. The van der Waals surface area contributed by atoms with Gasteiger partial charge in [-0.2, -0.15) is 0 Å². The van der Waals surface area contributed by atoms with Crippen molar-refractivity contribution >= 4 is 5.91 Å². The molecule has 26 heavy (non-hydrogen) atoms. The number of rotatable bonds is 5. The number of hydrogen-bond acceptors (Lipinski definition) is 4. The number of benzene rings is 1. The van der Waals surface area contributed by atoms with E-state index in [0.29, 0.717) is 36.3 Å². The van der Waals surface area contributed by atoms with E-state index in [4.69, 9.17) is 4.74 Å². The molecule has 5 nitrogen and oxygen atoms in total. The maximum absolute atomic E-state index is 12.3. The van der Waals surface area contributed by atoms with Crippen molar-refractivity contribution in [2.75, 3.05) is 7.05 Å². The highest BCUT2D eigenvalue weighted by Gasteiger charge is 2.43. The van der Waals surface area contributed by atoms with Crippen LogP contribution in [-0.2, 0) is 13.0 Å². The molecule has 0 saturated carbocycles. The second-order valence-electron chi connectivity index (χ2n) is 7.86. The zero-order chi connectivity index (χ0) is 19.1. The normalized spacial score (nSPS) is 25.1. The van der Waals surface area contributed by atoms with Gasteiger partial charge in [-0.15, -0.1) is 0 Å². The van der Waals surface area contributed by atoms with E-state index >= 15 is 0 Å². The third-order valence-electron chi connectivity index (χ3n) is 5.65. The van der Waals surface area contributed by atoms with Crippen LogP contribution in [0.1, 0.15) is 67.9 Å². The minimum atomic E-state index is -0.734. The average Bonchev–Trinajstić information content (AvgIpc) is 2.85. The van der Waals surface area contributed by atoms with Gasteiger partial charge in [0, 0.05) is 24.6 Å². The van der Waals surface area contributed by atoms with Gasteiger partial charge in [0.1, 0.15) is 17.1 Å². The fraction of sp³-hybridized carbons (Fsp3) is 0.571. The number of carbonyl (C=O) groups is 1. The molecule has 2 aliphatic heterocycles. The molecule has 2 aliphatic rings. The second-order valence-corrected chi connectivity index (χ2v) is 7.86. The summed E-state index contributed by atoms with van der Waals surface area (Å²) in [6.07, 6.45) is 5.56. The van der Waals surface area contributed by atoms with Gasteiger partial charge in [-0.3, -0.25) is 4.79 Å². The van der Waals surface area contributed by atoms with Crippen LogP contribution in [0.2, 0.25) is 0 Å². The molecule has 0 radical (unpaired) electrons. The first kappa shape index (κ1) is 18.8. The van der Waals surface area contributed by atoms with E-state index in [1.165, 1.54) is 11.6 Å². The molecule has 3 rings (SSSR count). The Labute approximate surface area is 155 Å². The molecule has 2 atom stereocenters. The summed E-state index contributed by atoms with van der Waals surface area (Å²) in [5, 5.41) is 21.0. The SMILES string of the molecule is CCC/C(C)=C/CCC1(C)Oc2c(c(O)cc3c2CN(C)C3=O)CC1O. The Morgan fingerprint density at radius 3 is 2.88 bits per heavy atom. The van der Waals surface area contributed by atoms with Gasteiger partial charge in [0.25, 0.3) is 5.91 Å². The number of amides is 1. The van der Waals surface area contributed by atoms with Gasteiger partial charge < -0.3 is 19.8 Å². The third-order valence-corrected chi connectivity index (χ3v) is 5.65.